The number of rotatable bonds is 6. The maximum Gasteiger partial charge on any atom is 0.161 e. The lowest BCUT2D eigenvalue weighted by Crippen LogP contribution is -2.30. The van der Waals surface area contributed by atoms with E-state index in [0.29, 0.717) is 13.0 Å². The minimum atomic E-state index is -0.179. The van der Waals surface area contributed by atoms with E-state index in [2.05, 4.69) is 6.92 Å². The fraction of sp³-hybridized carbons (Fsp3) is 0.625. The lowest BCUT2D eigenvalue weighted by Gasteiger charge is -2.32. The number of unbranched alkanes of at least 4 members (excludes halogenated alkanes) is 3. The monoisotopic (exact) mass is 279 g/mol. The lowest BCUT2D eigenvalue weighted by atomic mass is 9.91. The van der Waals surface area contributed by atoms with Crippen molar-refractivity contribution in [1.29, 1.82) is 0 Å². The first-order chi connectivity index (χ1) is 9.67. The number of fused-ring (bicyclic) bond motifs is 1. The average molecular weight is 279 g/mol. The smallest absolute Gasteiger partial charge is 0.161 e. The van der Waals surface area contributed by atoms with E-state index >= 15 is 0 Å². The molecular weight excluding hydrogens is 254 g/mol. The van der Waals surface area contributed by atoms with Gasteiger partial charge in [0.2, 0.25) is 0 Å². The summed E-state index contributed by atoms with van der Waals surface area (Å²) in [5.41, 5.74) is 7.48. The summed E-state index contributed by atoms with van der Waals surface area (Å²) in [6.45, 7) is 2.58. The molecule has 0 amide bonds. The van der Waals surface area contributed by atoms with Crippen molar-refractivity contribution < 1.29 is 14.9 Å². The van der Waals surface area contributed by atoms with E-state index < -0.39 is 0 Å². The van der Waals surface area contributed by atoms with Crippen LogP contribution < -0.4 is 5.73 Å². The van der Waals surface area contributed by atoms with E-state index in [1.54, 1.807) is 6.07 Å². The normalized spacial score (nSPS) is 21.7. The van der Waals surface area contributed by atoms with Crippen molar-refractivity contribution in [2.45, 2.75) is 57.7 Å². The Morgan fingerprint density at radius 3 is 2.75 bits per heavy atom. The Morgan fingerprint density at radius 2 is 2.05 bits per heavy atom. The molecule has 4 heteroatoms. The standard InChI is InChI=1S/C16H25NO3/c1-2-3-4-5-6-11-9-13-12(15(10-17)20-11)7-8-14(18)16(13)19/h7-8,11,15,18-19H,2-6,9-10,17H2,1H3/t11-,15+/m1/s1. The van der Waals surface area contributed by atoms with Crippen molar-refractivity contribution in [2.75, 3.05) is 6.54 Å². The van der Waals surface area contributed by atoms with Gasteiger partial charge in [-0.25, -0.2) is 0 Å². The van der Waals surface area contributed by atoms with Crippen LogP contribution in [-0.2, 0) is 11.2 Å². The highest BCUT2D eigenvalue weighted by Crippen LogP contribution is 2.40. The van der Waals surface area contributed by atoms with Crippen molar-refractivity contribution in [3.05, 3.63) is 23.3 Å². The van der Waals surface area contributed by atoms with Crippen LogP contribution in [0.25, 0.3) is 0 Å². The second-order valence-corrected chi connectivity index (χ2v) is 5.54. The summed E-state index contributed by atoms with van der Waals surface area (Å²) in [6.07, 6.45) is 6.34. The first kappa shape index (κ1) is 15.1. The van der Waals surface area contributed by atoms with Crippen LogP contribution in [-0.4, -0.2) is 22.9 Å². The van der Waals surface area contributed by atoms with Gasteiger partial charge in [0, 0.05) is 18.5 Å². The molecule has 0 saturated heterocycles. The number of aromatic hydroxyl groups is 2. The molecule has 0 aromatic heterocycles. The third-order valence-corrected chi connectivity index (χ3v) is 4.03. The minimum Gasteiger partial charge on any atom is -0.504 e. The molecular formula is C16H25NO3. The highest BCUT2D eigenvalue weighted by atomic mass is 16.5. The predicted octanol–water partition coefficient (Wildman–Crippen LogP) is 3.01. The molecule has 4 nitrogen and oxygen atoms in total. The van der Waals surface area contributed by atoms with Gasteiger partial charge in [0.15, 0.2) is 11.5 Å². The van der Waals surface area contributed by atoms with Crippen molar-refractivity contribution >= 4 is 0 Å². The molecule has 2 atom stereocenters. The molecule has 4 N–H and O–H groups in total. The molecule has 0 fully saturated rings. The van der Waals surface area contributed by atoms with Gasteiger partial charge in [0.1, 0.15) is 0 Å². The van der Waals surface area contributed by atoms with E-state index in [1.165, 1.54) is 25.3 Å². The van der Waals surface area contributed by atoms with Crippen LogP contribution in [0.15, 0.2) is 12.1 Å². The van der Waals surface area contributed by atoms with Crippen LogP contribution in [0.2, 0.25) is 0 Å². The van der Waals surface area contributed by atoms with Crippen LogP contribution in [0, 0.1) is 0 Å². The molecule has 0 spiro atoms. The number of phenolic OH excluding ortho intramolecular Hbond substituents is 2. The fourth-order valence-electron chi connectivity index (χ4n) is 2.89. The molecule has 1 aromatic carbocycles. The van der Waals surface area contributed by atoms with E-state index in [0.717, 1.165) is 24.0 Å². The van der Waals surface area contributed by atoms with Gasteiger partial charge >= 0.3 is 0 Å². The molecule has 0 radical (unpaired) electrons. The number of hydrogen-bond acceptors (Lipinski definition) is 4. The molecule has 2 rings (SSSR count). The molecule has 1 aliphatic rings. The fourth-order valence-corrected chi connectivity index (χ4v) is 2.89. The van der Waals surface area contributed by atoms with Gasteiger partial charge in [-0.15, -0.1) is 0 Å². The molecule has 1 aromatic rings. The van der Waals surface area contributed by atoms with Crippen LogP contribution in [0.1, 0.15) is 56.3 Å². The molecule has 0 aliphatic carbocycles. The molecule has 0 saturated carbocycles. The van der Waals surface area contributed by atoms with Crippen molar-refractivity contribution in [3.63, 3.8) is 0 Å². The zero-order valence-electron chi connectivity index (χ0n) is 12.1. The van der Waals surface area contributed by atoms with Gasteiger partial charge in [-0.05, 0) is 18.1 Å². The Bertz CT molecular complexity index is 448. The van der Waals surface area contributed by atoms with Gasteiger partial charge < -0.3 is 20.7 Å². The van der Waals surface area contributed by atoms with Crippen molar-refractivity contribution in [1.82, 2.24) is 0 Å². The number of phenols is 2. The maximum absolute atomic E-state index is 10.0. The lowest BCUT2D eigenvalue weighted by molar-refractivity contribution is -0.0263. The molecule has 20 heavy (non-hydrogen) atoms. The maximum atomic E-state index is 10.0. The van der Waals surface area contributed by atoms with Crippen molar-refractivity contribution in [3.8, 4) is 11.5 Å². The zero-order valence-corrected chi connectivity index (χ0v) is 12.1. The molecule has 1 aliphatic heterocycles. The van der Waals surface area contributed by atoms with Crippen LogP contribution in [0.5, 0.6) is 11.5 Å². The molecule has 0 unspecified atom stereocenters. The first-order valence-corrected chi connectivity index (χ1v) is 7.56. The Labute approximate surface area is 120 Å². The Balaban J connectivity index is 2.09. The number of hydrogen-bond donors (Lipinski definition) is 3. The highest BCUT2D eigenvalue weighted by Gasteiger charge is 2.29. The minimum absolute atomic E-state index is 0.0113. The Hall–Kier alpha value is -1.26. The predicted molar refractivity (Wildman–Crippen MR) is 78.9 cm³/mol. The second-order valence-electron chi connectivity index (χ2n) is 5.54. The van der Waals surface area contributed by atoms with Crippen LogP contribution in [0.4, 0.5) is 0 Å². The zero-order chi connectivity index (χ0) is 14.5. The molecule has 0 bridgehead atoms. The summed E-state index contributed by atoms with van der Waals surface area (Å²) in [7, 11) is 0. The van der Waals surface area contributed by atoms with E-state index in [4.69, 9.17) is 10.5 Å². The largest absolute Gasteiger partial charge is 0.504 e. The molecule has 112 valence electrons. The number of nitrogens with two attached hydrogens (primary N) is 1. The van der Waals surface area contributed by atoms with Gasteiger partial charge in [-0.2, -0.15) is 0 Å². The van der Waals surface area contributed by atoms with Gasteiger partial charge in [0.25, 0.3) is 0 Å². The third-order valence-electron chi connectivity index (χ3n) is 4.03. The average Bonchev–Trinajstić information content (AvgIpc) is 2.47. The Kier molecular flexibility index (Phi) is 5.26. The second kappa shape index (κ2) is 6.95. The van der Waals surface area contributed by atoms with E-state index in [1.807, 2.05) is 0 Å². The van der Waals surface area contributed by atoms with E-state index in [9.17, 15) is 10.2 Å². The summed E-state index contributed by atoms with van der Waals surface area (Å²) in [6, 6.07) is 3.30. The van der Waals surface area contributed by atoms with Crippen molar-refractivity contribution in [2.24, 2.45) is 5.73 Å². The summed E-state index contributed by atoms with van der Waals surface area (Å²) in [5, 5.41) is 19.7. The summed E-state index contributed by atoms with van der Waals surface area (Å²) in [5.74, 6) is -0.0750. The highest BCUT2D eigenvalue weighted by molar-refractivity contribution is 5.50. The number of benzene rings is 1. The topological polar surface area (TPSA) is 75.7 Å². The van der Waals surface area contributed by atoms with E-state index in [-0.39, 0.29) is 23.7 Å². The summed E-state index contributed by atoms with van der Waals surface area (Å²) >= 11 is 0. The summed E-state index contributed by atoms with van der Waals surface area (Å²) < 4.78 is 6.02. The first-order valence-electron chi connectivity index (χ1n) is 7.56. The quantitative estimate of drug-likeness (QED) is 0.552. The molecule has 1 heterocycles. The SMILES string of the molecule is CCCCCC[C@@H]1Cc2c(ccc(O)c2O)[C@H](CN)O1. The number of ether oxygens (including phenoxy) is 1. The third kappa shape index (κ3) is 3.25. The Morgan fingerprint density at radius 1 is 1.25 bits per heavy atom. The van der Waals surface area contributed by atoms with Crippen LogP contribution in [0.3, 0.4) is 0 Å². The summed E-state index contributed by atoms with van der Waals surface area (Å²) in [4.78, 5) is 0. The van der Waals surface area contributed by atoms with Crippen LogP contribution >= 0.6 is 0 Å². The van der Waals surface area contributed by atoms with Gasteiger partial charge in [-0.3, -0.25) is 0 Å². The van der Waals surface area contributed by atoms with Gasteiger partial charge in [0.05, 0.1) is 12.2 Å². The van der Waals surface area contributed by atoms with Gasteiger partial charge in [-0.1, -0.05) is 38.7 Å².